The van der Waals surface area contributed by atoms with Crippen LogP contribution < -0.4 is 0 Å². The topological polar surface area (TPSA) is 25.2 Å². The molecular formula is C22H16F2N2O. The molecule has 2 heterocycles. The second kappa shape index (κ2) is 7.08. The molecule has 0 unspecified atom stereocenters. The second-order valence-corrected chi connectivity index (χ2v) is 6.39. The van der Waals surface area contributed by atoms with Gasteiger partial charge in [-0.1, -0.05) is 36.1 Å². The smallest absolute Gasteiger partial charge is 0.270 e. The van der Waals surface area contributed by atoms with Crippen LogP contribution in [0.25, 0.3) is 0 Å². The number of rotatable bonds is 2. The van der Waals surface area contributed by atoms with Crippen molar-refractivity contribution in [2.45, 2.75) is 13.1 Å². The first kappa shape index (κ1) is 17.0. The molecule has 0 aliphatic carbocycles. The number of carbonyl (C=O) groups excluding carboxylic acids is 1. The Balaban J connectivity index is 1.55. The van der Waals surface area contributed by atoms with E-state index in [0.29, 0.717) is 35.5 Å². The number of benzene rings is 2. The summed E-state index contributed by atoms with van der Waals surface area (Å²) >= 11 is 0. The van der Waals surface area contributed by atoms with E-state index in [9.17, 15) is 13.6 Å². The number of halogens is 2. The van der Waals surface area contributed by atoms with E-state index in [1.54, 1.807) is 41.3 Å². The summed E-state index contributed by atoms with van der Waals surface area (Å²) in [7, 11) is 0. The third-order valence-corrected chi connectivity index (χ3v) is 4.51. The van der Waals surface area contributed by atoms with Gasteiger partial charge in [-0.25, -0.2) is 8.78 Å². The average Bonchev–Trinajstić information content (AvgIpc) is 3.08. The van der Waals surface area contributed by atoms with E-state index < -0.39 is 0 Å². The molecule has 0 fully saturated rings. The lowest BCUT2D eigenvalue weighted by molar-refractivity contribution is 0.0689. The van der Waals surface area contributed by atoms with Crippen molar-refractivity contribution in [2.75, 3.05) is 6.54 Å². The van der Waals surface area contributed by atoms with E-state index in [1.165, 1.54) is 18.2 Å². The first-order chi connectivity index (χ1) is 13.1. The molecule has 1 aliphatic heterocycles. The Labute approximate surface area is 155 Å². The van der Waals surface area contributed by atoms with Crippen LogP contribution in [0.3, 0.4) is 0 Å². The summed E-state index contributed by atoms with van der Waals surface area (Å²) in [6, 6.07) is 14.3. The molecule has 5 heteroatoms. The van der Waals surface area contributed by atoms with E-state index >= 15 is 0 Å². The van der Waals surface area contributed by atoms with Crippen molar-refractivity contribution in [3.8, 4) is 11.8 Å². The maximum absolute atomic E-state index is 13.9. The third-order valence-electron chi connectivity index (χ3n) is 4.51. The standard InChI is InChI=1S/C22H16F2N2O/c23-19-6-3-4-16(12-19)8-9-17-13-21-22(27)26(11-10-25(21)14-17)15-18-5-1-2-7-20(18)24/h1-7,12-14H,10-11,15H2. The van der Waals surface area contributed by atoms with Gasteiger partial charge in [-0.2, -0.15) is 0 Å². The average molecular weight is 362 g/mol. The molecule has 134 valence electrons. The summed E-state index contributed by atoms with van der Waals surface area (Å²) in [5.41, 5.74) is 2.29. The van der Waals surface area contributed by atoms with Crippen LogP contribution in [0.5, 0.6) is 0 Å². The number of fused-ring (bicyclic) bond motifs is 1. The van der Waals surface area contributed by atoms with Gasteiger partial charge >= 0.3 is 0 Å². The summed E-state index contributed by atoms with van der Waals surface area (Å²) in [6.07, 6.45) is 1.82. The molecule has 0 spiro atoms. The van der Waals surface area contributed by atoms with Crippen LogP contribution >= 0.6 is 0 Å². The number of hydrogen-bond donors (Lipinski definition) is 0. The van der Waals surface area contributed by atoms with Gasteiger partial charge in [0.25, 0.3) is 5.91 Å². The molecule has 1 aliphatic rings. The molecule has 1 amide bonds. The highest BCUT2D eigenvalue weighted by molar-refractivity contribution is 5.94. The lowest BCUT2D eigenvalue weighted by Crippen LogP contribution is -2.39. The summed E-state index contributed by atoms with van der Waals surface area (Å²) < 4.78 is 29.0. The monoisotopic (exact) mass is 362 g/mol. The van der Waals surface area contributed by atoms with Crippen LogP contribution in [-0.2, 0) is 13.1 Å². The maximum atomic E-state index is 13.9. The summed E-state index contributed by atoms with van der Waals surface area (Å²) in [4.78, 5) is 14.4. The first-order valence-electron chi connectivity index (χ1n) is 8.60. The highest BCUT2D eigenvalue weighted by atomic mass is 19.1. The van der Waals surface area contributed by atoms with Gasteiger partial charge in [0.05, 0.1) is 0 Å². The number of nitrogens with zero attached hydrogens (tertiary/aromatic N) is 2. The molecule has 0 bridgehead atoms. The number of carbonyl (C=O) groups is 1. The zero-order valence-electron chi connectivity index (χ0n) is 14.5. The fourth-order valence-corrected chi connectivity index (χ4v) is 3.13. The minimum absolute atomic E-state index is 0.150. The lowest BCUT2D eigenvalue weighted by atomic mass is 10.1. The van der Waals surface area contributed by atoms with Gasteiger partial charge in [0.15, 0.2) is 0 Å². The van der Waals surface area contributed by atoms with Crippen molar-refractivity contribution in [1.29, 1.82) is 0 Å². The van der Waals surface area contributed by atoms with E-state index in [4.69, 9.17) is 0 Å². The van der Waals surface area contributed by atoms with Crippen molar-refractivity contribution in [1.82, 2.24) is 9.47 Å². The Morgan fingerprint density at radius 1 is 0.926 bits per heavy atom. The van der Waals surface area contributed by atoms with Crippen LogP contribution in [0.15, 0.2) is 60.8 Å². The Kier molecular flexibility index (Phi) is 4.47. The predicted molar refractivity (Wildman–Crippen MR) is 98.0 cm³/mol. The van der Waals surface area contributed by atoms with Crippen LogP contribution in [0, 0.1) is 23.5 Å². The third kappa shape index (κ3) is 3.61. The van der Waals surface area contributed by atoms with Gasteiger partial charge in [0.1, 0.15) is 17.3 Å². The zero-order valence-corrected chi connectivity index (χ0v) is 14.5. The molecule has 0 saturated carbocycles. The van der Waals surface area contributed by atoms with Crippen molar-refractivity contribution in [2.24, 2.45) is 0 Å². The van der Waals surface area contributed by atoms with Crippen LogP contribution in [0.1, 0.15) is 27.2 Å². The molecule has 0 saturated heterocycles. The molecule has 2 aromatic carbocycles. The summed E-state index contributed by atoms with van der Waals surface area (Å²) in [5.74, 6) is 5.08. The Hall–Kier alpha value is -3.39. The molecule has 0 atom stereocenters. The molecule has 0 radical (unpaired) electrons. The summed E-state index contributed by atoms with van der Waals surface area (Å²) in [6.45, 7) is 1.36. The van der Waals surface area contributed by atoms with Crippen molar-refractivity contribution < 1.29 is 13.6 Å². The highest BCUT2D eigenvalue weighted by Crippen LogP contribution is 2.19. The van der Waals surface area contributed by atoms with Crippen molar-refractivity contribution in [3.63, 3.8) is 0 Å². The van der Waals surface area contributed by atoms with E-state index in [0.717, 1.165) is 0 Å². The van der Waals surface area contributed by atoms with E-state index in [1.807, 2.05) is 10.8 Å². The van der Waals surface area contributed by atoms with Crippen molar-refractivity contribution >= 4 is 5.91 Å². The molecule has 3 nitrogen and oxygen atoms in total. The molecule has 0 N–H and O–H groups in total. The van der Waals surface area contributed by atoms with Crippen LogP contribution in [0.2, 0.25) is 0 Å². The maximum Gasteiger partial charge on any atom is 0.270 e. The second-order valence-electron chi connectivity index (χ2n) is 6.39. The van der Waals surface area contributed by atoms with Crippen molar-refractivity contribution in [3.05, 3.63) is 94.8 Å². The minimum atomic E-state index is -0.336. The van der Waals surface area contributed by atoms with Gasteiger partial charge in [0.2, 0.25) is 0 Å². The SMILES string of the molecule is O=C1c2cc(C#Cc3cccc(F)c3)cn2CCN1Cc1ccccc1F. The Morgan fingerprint density at radius 3 is 2.56 bits per heavy atom. The molecule has 3 aromatic rings. The zero-order chi connectivity index (χ0) is 18.8. The summed E-state index contributed by atoms with van der Waals surface area (Å²) in [5, 5.41) is 0. The molecule has 27 heavy (non-hydrogen) atoms. The van der Waals surface area contributed by atoms with Gasteiger partial charge < -0.3 is 9.47 Å². The Bertz CT molecular complexity index is 1080. The quantitative estimate of drug-likeness (QED) is 0.636. The number of hydrogen-bond acceptors (Lipinski definition) is 1. The van der Waals surface area contributed by atoms with Gasteiger partial charge in [-0.3, -0.25) is 4.79 Å². The predicted octanol–water partition coefficient (Wildman–Crippen LogP) is 3.82. The molecule has 1 aromatic heterocycles. The normalized spacial score (nSPS) is 13.1. The first-order valence-corrected chi connectivity index (χ1v) is 8.60. The Morgan fingerprint density at radius 2 is 1.74 bits per heavy atom. The van der Waals surface area contributed by atoms with E-state index in [2.05, 4.69) is 11.8 Å². The minimum Gasteiger partial charge on any atom is -0.340 e. The van der Waals surface area contributed by atoms with Gasteiger partial charge in [0, 0.05) is 42.5 Å². The van der Waals surface area contributed by atoms with Crippen LogP contribution in [-0.4, -0.2) is 21.9 Å². The molecule has 4 rings (SSSR count). The number of aromatic nitrogens is 1. The lowest BCUT2D eigenvalue weighted by Gasteiger charge is -2.28. The fraction of sp³-hybridized carbons (Fsp3) is 0.136. The van der Waals surface area contributed by atoms with Crippen LogP contribution in [0.4, 0.5) is 8.78 Å². The highest BCUT2D eigenvalue weighted by Gasteiger charge is 2.25. The fourth-order valence-electron chi connectivity index (χ4n) is 3.13. The van der Waals surface area contributed by atoms with Gasteiger partial charge in [-0.15, -0.1) is 0 Å². The van der Waals surface area contributed by atoms with E-state index in [-0.39, 0.29) is 24.1 Å². The van der Waals surface area contributed by atoms with Gasteiger partial charge in [-0.05, 0) is 30.3 Å². The largest absolute Gasteiger partial charge is 0.340 e. The molecular weight excluding hydrogens is 346 g/mol. The number of amides is 1.